The maximum absolute atomic E-state index is 12.6. The molecule has 2 unspecified atom stereocenters. The van der Waals surface area contributed by atoms with Gasteiger partial charge in [0.25, 0.3) is 0 Å². The van der Waals surface area contributed by atoms with Gasteiger partial charge in [0, 0.05) is 17.8 Å². The molecule has 0 aromatic heterocycles. The van der Waals surface area contributed by atoms with Crippen LogP contribution in [0.4, 0.5) is 10.5 Å². The first kappa shape index (κ1) is 23.6. The zero-order valence-electron chi connectivity index (χ0n) is 18.9. The molecule has 8 heteroatoms. The monoisotopic (exact) mass is 441 g/mol. The van der Waals surface area contributed by atoms with Crippen LogP contribution < -0.4 is 15.4 Å². The first-order chi connectivity index (χ1) is 15.2. The molecule has 2 atom stereocenters. The number of hydrogen-bond donors (Lipinski definition) is 3. The van der Waals surface area contributed by atoms with E-state index in [1.54, 1.807) is 24.1 Å². The van der Waals surface area contributed by atoms with Crippen molar-refractivity contribution < 1.29 is 24.2 Å². The number of anilines is 1. The highest BCUT2D eigenvalue weighted by molar-refractivity contribution is 5.89. The number of aliphatic hydroxyl groups is 1. The van der Waals surface area contributed by atoms with Crippen LogP contribution in [0.2, 0.25) is 0 Å². The van der Waals surface area contributed by atoms with Crippen LogP contribution in [0.5, 0.6) is 5.75 Å². The Morgan fingerprint density at radius 3 is 2.38 bits per heavy atom. The third-order valence-corrected chi connectivity index (χ3v) is 5.14. The Morgan fingerprint density at radius 1 is 1.16 bits per heavy atom. The van der Waals surface area contributed by atoms with E-state index in [9.17, 15) is 14.7 Å². The molecule has 8 nitrogen and oxygen atoms in total. The number of nitrogens with one attached hydrogen (secondary N) is 2. The van der Waals surface area contributed by atoms with Gasteiger partial charge in [-0.2, -0.15) is 0 Å². The van der Waals surface area contributed by atoms with Crippen LogP contribution in [0.1, 0.15) is 38.0 Å². The molecule has 1 aliphatic heterocycles. The summed E-state index contributed by atoms with van der Waals surface area (Å²) in [7, 11) is 1.60. The SMILES string of the molecule is COc1ccc(CN2C(=O)COC(c3ccc(NC(=O)NC(C)(C)C)cc3)C2CO)cc1. The average molecular weight is 442 g/mol. The first-order valence-electron chi connectivity index (χ1n) is 10.5. The zero-order valence-corrected chi connectivity index (χ0v) is 18.9. The van der Waals surface area contributed by atoms with Crippen LogP contribution in [0.25, 0.3) is 0 Å². The van der Waals surface area contributed by atoms with E-state index in [1.807, 2.05) is 57.2 Å². The number of benzene rings is 2. The number of methoxy groups -OCH3 is 1. The summed E-state index contributed by atoms with van der Waals surface area (Å²) >= 11 is 0. The lowest BCUT2D eigenvalue weighted by molar-refractivity contribution is -0.162. The van der Waals surface area contributed by atoms with Gasteiger partial charge in [0.1, 0.15) is 18.5 Å². The fraction of sp³-hybridized carbons (Fsp3) is 0.417. The maximum Gasteiger partial charge on any atom is 0.319 e. The van der Waals surface area contributed by atoms with Crippen LogP contribution in [0.15, 0.2) is 48.5 Å². The van der Waals surface area contributed by atoms with Gasteiger partial charge in [0.05, 0.1) is 19.8 Å². The lowest BCUT2D eigenvalue weighted by Crippen LogP contribution is -2.52. The van der Waals surface area contributed by atoms with Crippen molar-refractivity contribution in [1.29, 1.82) is 0 Å². The highest BCUT2D eigenvalue weighted by atomic mass is 16.5. The van der Waals surface area contributed by atoms with Crippen molar-refractivity contribution >= 4 is 17.6 Å². The van der Waals surface area contributed by atoms with Crippen LogP contribution in [-0.4, -0.2) is 53.8 Å². The summed E-state index contributed by atoms with van der Waals surface area (Å²) in [6.45, 7) is 5.78. The summed E-state index contributed by atoms with van der Waals surface area (Å²) in [4.78, 5) is 26.3. The number of rotatable bonds is 6. The summed E-state index contributed by atoms with van der Waals surface area (Å²) in [6.07, 6.45) is -0.478. The van der Waals surface area contributed by atoms with Gasteiger partial charge >= 0.3 is 6.03 Å². The Morgan fingerprint density at radius 2 is 1.81 bits per heavy atom. The summed E-state index contributed by atoms with van der Waals surface area (Å²) in [5.74, 6) is 0.566. The zero-order chi connectivity index (χ0) is 23.3. The predicted octanol–water partition coefficient (Wildman–Crippen LogP) is 3.08. The number of urea groups is 1. The third kappa shape index (κ3) is 5.99. The Balaban J connectivity index is 1.72. The first-order valence-corrected chi connectivity index (χ1v) is 10.5. The average Bonchev–Trinajstić information content (AvgIpc) is 2.75. The van der Waals surface area contributed by atoms with Crippen molar-refractivity contribution in [2.45, 2.75) is 45.0 Å². The minimum atomic E-state index is -0.527. The molecule has 32 heavy (non-hydrogen) atoms. The molecule has 1 saturated heterocycles. The van der Waals surface area contributed by atoms with E-state index in [2.05, 4.69) is 10.6 Å². The fourth-order valence-corrected chi connectivity index (χ4v) is 3.61. The summed E-state index contributed by atoms with van der Waals surface area (Å²) < 4.78 is 11.0. The minimum absolute atomic E-state index is 0.0642. The Hall–Kier alpha value is -3.10. The molecule has 172 valence electrons. The van der Waals surface area contributed by atoms with Crippen LogP contribution in [0.3, 0.4) is 0 Å². The second kappa shape index (κ2) is 10.0. The molecule has 1 heterocycles. The van der Waals surface area contributed by atoms with Crippen LogP contribution in [-0.2, 0) is 16.1 Å². The molecule has 0 aliphatic carbocycles. The smallest absolute Gasteiger partial charge is 0.319 e. The molecular formula is C24H31N3O5. The van der Waals surface area contributed by atoms with Crippen molar-refractivity contribution in [1.82, 2.24) is 10.2 Å². The van der Waals surface area contributed by atoms with E-state index in [-0.39, 0.29) is 30.7 Å². The van der Waals surface area contributed by atoms with Gasteiger partial charge in [-0.1, -0.05) is 24.3 Å². The minimum Gasteiger partial charge on any atom is -0.497 e. The summed E-state index contributed by atoms with van der Waals surface area (Å²) in [5.41, 5.74) is 2.05. The summed E-state index contributed by atoms with van der Waals surface area (Å²) in [6, 6.07) is 13.9. The van der Waals surface area contributed by atoms with Gasteiger partial charge in [-0.3, -0.25) is 4.79 Å². The van der Waals surface area contributed by atoms with Crippen molar-refractivity contribution in [2.75, 3.05) is 25.6 Å². The van der Waals surface area contributed by atoms with Gasteiger partial charge in [-0.25, -0.2) is 4.79 Å². The largest absolute Gasteiger partial charge is 0.497 e. The molecule has 2 aromatic rings. The normalized spacial score (nSPS) is 18.9. The number of morpholine rings is 1. The number of nitrogens with zero attached hydrogens (tertiary/aromatic N) is 1. The Labute approximate surface area is 188 Å². The quantitative estimate of drug-likeness (QED) is 0.640. The van der Waals surface area contributed by atoms with Crippen molar-refractivity contribution in [3.63, 3.8) is 0 Å². The molecule has 0 saturated carbocycles. The molecule has 1 fully saturated rings. The van der Waals surface area contributed by atoms with Gasteiger partial charge in [-0.15, -0.1) is 0 Å². The maximum atomic E-state index is 12.6. The van der Waals surface area contributed by atoms with Crippen LogP contribution in [0, 0.1) is 0 Å². The van der Waals surface area contributed by atoms with Crippen molar-refractivity contribution in [3.05, 3.63) is 59.7 Å². The number of carbonyl (C=O) groups excluding carboxylic acids is 2. The Kier molecular flexibility index (Phi) is 7.37. The topological polar surface area (TPSA) is 100 Å². The molecule has 3 amide bonds. The highest BCUT2D eigenvalue weighted by Gasteiger charge is 2.37. The van der Waals surface area contributed by atoms with E-state index in [1.165, 1.54) is 0 Å². The van der Waals surface area contributed by atoms with E-state index >= 15 is 0 Å². The van der Waals surface area contributed by atoms with E-state index in [0.717, 1.165) is 16.9 Å². The van der Waals surface area contributed by atoms with E-state index in [4.69, 9.17) is 9.47 Å². The van der Waals surface area contributed by atoms with Crippen molar-refractivity contribution in [3.8, 4) is 5.75 Å². The fourth-order valence-electron chi connectivity index (χ4n) is 3.61. The number of hydrogen-bond acceptors (Lipinski definition) is 5. The number of ether oxygens (including phenoxy) is 2. The molecular weight excluding hydrogens is 410 g/mol. The van der Waals surface area contributed by atoms with E-state index in [0.29, 0.717) is 12.2 Å². The number of carbonyl (C=O) groups is 2. The highest BCUT2D eigenvalue weighted by Crippen LogP contribution is 2.31. The van der Waals surface area contributed by atoms with Crippen molar-refractivity contribution in [2.24, 2.45) is 0 Å². The number of aliphatic hydroxyl groups excluding tert-OH is 1. The molecule has 0 spiro atoms. The molecule has 2 aromatic carbocycles. The second-order valence-electron chi connectivity index (χ2n) is 8.80. The second-order valence-corrected chi connectivity index (χ2v) is 8.80. The lowest BCUT2D eigenvalue weighted by Gasteiger charge is -2.40. The van der Waals surface area contributed by atoms with Gasteiger partial charge < -0.3 is 30.1 Å². The summed E-state index contributed by atoms with van der Waals surface area (Å²) in [5, 5.41) is 15.7. The predicted molar refractivity (Wildman–Crippen MR) is 121 cm³/mol. The molecule has 3 N–H and O–H groups in total. The third-order valence-electron chi connectivity index (χ3n) is 5.14. The van der Waals surface area contributed by atoms with E-state index < -0.39 is 12.1 Å². The number of amides is 3. The van der Waals surface area contributed by atoms with Crippen LogP contribution >= 0.6 is 0 Å². The lowest BCUT2D eigenvalue weighted by atomic mass is 9.98. The molecule has 1 aliphatic rings. The molecule has 0 radical (unpaired) electrons. The molecule has 3 rings (SSSR count). The van der Waals surface area contributed by atoms with Gasteiger partial charge in [-0.05, 0) is 56.2 Å². The van der Waals surface area contributed by atoms with Gasteiger partial charge in [0.2, 0.25) is 5.91 Å². The molecule has 0 bridgehead atoms. The standard InChI is InChI=1S/C24H31N3O5/c1-24(2,3)26-23(30)25-18-9-7-17(8-10-18)22-20(14-28)27(21(29)15-32-22)13-16-5-11-19(31-4)12-6-16/h5-12,20,22,28H,13-15H2,1-4H3,(H2,25,26,30). The Bertz CT molecular complexity index is 922. The van der Waals surface area contributed by atoms with Gasteiger partial charge in [0.15, 0.2) is 0 Å².